The molecule has 1 aliphatic rings. The lowest BCUT2D eigenvalue weighted by atomic mass is 10.0. The van der Waals surface area contributed by atoms with Gasteiger partial charge in [-0.2, -0.15) is 13.2 Å². The first-order chi connectivity index (χ1) is 9.21. The number of halogens is 4. The molecule has 2 rings (SSSR count). The predicted octanol–water partition coefficient (Wildman–Crippen LogP) is 3.57. The van der Waals surface area contributed by atoms with Gasteiger partial charge in [0.2, 0.25) is 0 Å². The molecule has 1 aromatic carbocycles. The van der Waals surface area contributed by atoms with Crippen LogP contribution in [0.3, 0.4) is 0 Å². The molecule has 1 fully saturated rings. The van der Waals surface area contributed by atoms with Gasteiger partial charge in [-0.25, -0.2) is 4.39 Å². The van der Waals surface area contributed by atoms with E-state index in [1.165, 1.54) is 4.90 Å². The molecule has 1 heterocycles. The Kier molecular flexibility index (Phi) is 3.75. The van der Waals surface area contributed by atoms with Crippen LogP contribution < -0.4 is 0 Å². The zero-order valence-electron chi connectivity index (χ0n) is 11.2. The normalized spacial score (nSPS) is 23.2. The van der Waals surface area contributed by atoms with Gasteiger partial charge in [-0.3, -0.25) is 4.79 Å². The third-order valence-corrected chi connectivity index (χ3v) is 3.81. The molecule has 1 aromatic rings. The zero-order chi connectivity index (χ0) is 15.1. The van der Waals surface area contributed by atoms with Gasteiger partial charge in [-0.05, 0) is 24.0 Å². The van der Waals surface area contributed by atoms with Crippen molar-refractivity contribution in [1.29, 1.82) is 0 Å². The number of benzene rings is 1. The first-order valence-electron chi connectivity index (χ1n) is 6.36. The lowest BCUT2D eigenvalue weighted by molar-refractivity contribution is -0.140. The fourth-order valence-corrected chi connectivity index (χ4v) is 2.38. The molecule has 1 aliphatic heterocycles. The van der Waals surface area contributed by atoms with Crippen molar-refractivity contribution in [2.75, 3.05) is 13.1 Å². The Hall–Kier alpha value is -1.59. The number of amides is 1. The van der Waals surface area contributed by atoms with E-state index >= 15 is 0 Å². The highest BCUT2D eigenvalue weighted by Gasteiger charge is 2.37. The van der Waals surface area contributed by atoms with Crippen molar-refractivity contribution in [2.24, 2.45) is 11.8 Å². The summed E-state index contributed by atoms with van der Waals surface area (Å²) in [5, 5.41) is 0. The molecular weight excluding hydrogens is 274 g/mol. The number of carbonyl (C=O) groups excluding carboxylic acids is 1. The molecule has 0 radical (unpaired) electrons. The van der Waals surface area contributed by atoms with E-state index in [1.54, 1.807) is 0 Å². The first kappa shape index (κ1) is 14.8. The summed E-state index contributed by atoms with van der Waals surface area (Å²) in [6.07, 6.45) is -4.80. The number of hydrogen-bond acceptors (Lipinski definition) is 1. The molecular formula is C14H15F4NO. The quantitative estimate of drug-likeness (QED) is 0.724. The van der Waals surface area contributed by atoms with Gasteiger partial charge in [0.25, 0.3) is 5.91 Å². The molecule has 0 spiro atoms. The number of alkyl halides is 3. The second-order valence-electron chi connectivity index (χ2n) is 5.33. The molecule has 1 saturated heterocycles. The molecule has 6 heteroatoms. The Morgan fingerprint density at radius 3 is 2.25 bits per heavy atom. The van der Waals surface area contributed by atoms with Crippen LogP contribution in [0.4, 0.5) is 17.6 Å². The number of nitrogens with zero attached hydrogens (tertiary/aromatic N) is 1. The predicted molar refractivity (Wildman–Crippen MR) is 65.6 cm³/mol. The van der Waals surface area contributed by atoms with Crippen LogP contribution in [-0.4, -0.2) is 23.9 Å². The molecule has 0 N–H and O–H groups in total. The summed E-state index contributed by atoms with van der Waals surface area (Å²) in [5.41, 5.74) is -1.91. The number of carbonyl (C=O) groups is 1. The molecule has 20 heavy (non-hydrogen) atoms. The van der Waals surface area contributed by atoms with Crippen molar-refractivity contribution >= 4 is 5.91 Å². The van der Waals surface area contributed by atoms with Gasteiger partial charge in [0, 0.05) is 13.1 Å². The Morgan fingerprint density at radius 1 is 1.20 bits per heavy atom. The summed E-state index contributed by atoms with van der Waals surface area (Å²) in [6, 6.07) is 2.80. The van der Waals surface area contributed by atoms with Crippen LogP contribution in [0.5, 0.6) is 0 Å². The summed E-state index contributed by atoms with van der Waals surface area (Å²) >= 11 is 0. The van der Waals surface area contributed by atoms with E-state index in [9.17, 15) is 22.4 Å². The maximum atomic E-state index is 13.9. The second kappa shape index (κ2) is 5.07. The van der Waals surface area contributed by atoms with Gasteiger partial charge in [-0.1, -0.05) is 19.9 Å². The number of likely N-dealkylation sites (tertiary alicyclic amines) is 1. The van der Waals surface area contributed by atoms with Crippen molar-refractivity contribution in [3.8, 4) is 0 Å². The third-order valence-electron chi connectivity index (χ3n) is 3.81. The molecule has 0 aromatic heterocycles. The van der Waals surface area contributed by atoms with Crippen LogP contribution in [0.15, 0.2) is 18.2 Å². The van der Waals surface area contributed by atoms with Gasteiger partial charge < -0.3 is 4.90 Å². The van der Waals surface area contributed by atoms with Gasteiger partial charge >= 0.3 is 6.18 Å². The summed E-state index contributed by atoms with van der Waals surface area (Å²) < 4.78 is 51.8. The highest BCUT2D eigenvalue weighted by molar-refractivity contribution is 5.95. The monoisotopic (exact) mass is 289 g/mol. The molecule has 2 atom stereocenters. The minimum atomic E-state index is -4.80. The van der Waals surface area contributed by atoms with E-state index in [1.807, 2.05) is 13.8 Å². The largest absolute Gasteiger partial charge is 0.419 e. The Labute approximate surface area is 114 Å². The van der Waals surface area contributed by atoms with Crippen molar-refractivity contribution in [1.82, 2.24) is 4.90 Å². The highest BCUT2D eigenvalue weighted by atomic mass is 19.4. The van der Waals surface area contributed by atoms with Gasteiger partial charge in [-0.15, -0.1) is 0 Å². The first-order valence-corrected chi connectivity index (χ1v) is 6.36. The standard InChI is InChI=1S/C14H15F4NO/c1-8-6-19(7-9(8)2)13(20)10-4-3-5-11(12(10)15)14(16,17)18/h3-5,8-9H,6-7H2,1-2H3. The van der Waals surface area contributed by atoms with Crippen LogP contribution in [0, 0.1) is 17.7 Å². The van der Waals surface area contributed by atoms with E-state index in [0.717, 1.165) is 12.1 Å². The van der Waals surface area contributed by atoms with Crippen molar-refractivity contribution in [2.45, 2.75) is 20.0 Å². The zero-order valence-corrected chi connectivity index (χ0v) is 11.2. The van der Waals surface area contributed by atoms with Crippen LogP contribution in [0.2, 0.25) is 0 Å². The lowest BCUT2D eigenvalue weighted by Gasteiger charge is -2.18. The smallest absolute Gasteiger partial charge is 0.338 e. The molecule has 0 aliphatic carbocycles. The van der Waals surface area contributed by atoms with Gasteiger partial charge in [0.15, 0.2) is 0 Å². The minimum absolute atomic E-state index is 0.257. The van der Waals surface area contributed by atoms with Crippen molar-refractivity contribution in [3.63, 3.8) is 0 Å². The third kappa shape index (κ3) is 2.64. The van der Waals surface area contributed by atoms with E-state index in [2.05, 4.69) is 0 Å². The van der Waals surface area contributed by atoms with Crippen molar-refractivity contribution < 1.29 is 22.4 Å². The fourth-order valence-electron chi connectivity index (χ4n) is 2.38. The minimum Gasteiger partial charge on any atom is -0.338 e. The maximum Gasteiger partial charge on any atom is 0.419 e. The summed E-state index contributed by atoms with van der Waals surface area (Å²) in [5.74, 6) is -1.65. The molecule has 2 nitrogen and oxygen atoms in total. The fraction of sp³-hybridized carbons (Fsp3) is 0.500. The average Bonchev–Trinajstić information content (AvgIpc) is 2.67. The topological polar surface area (TPSA) is 20.3 Å². The number of rotatable bonds is 1. The maximum absolute atomic E-state index is 13.9. The Bertz CT molecular complexity index is 516. The SMILES string of the molecule is CC1CN(C(=O)c2cccc(C(F)(F)F)c2F)CC1C. The van der Waals surface area contributed by atoms with Crippen molar-refractivity contribution in [3.05, 3.63) is 35.1 Å². The molecule has 1 amide bonds. The van der Waals surface area contributed by atoms with Gasteiger partial charge in [0.05, 0.1) is 11.1 Å². The number of hydrogen-bond donors (Lipinski definition) is 0. The highest BCUT2D eigenvalue weighted by Crippen LogP contribution is 2.33. The summed E-state index contributed by atoms with van der Waals surface area (Å²) in [6.45, 7) is 4.80. The molecule has 110 valence electrons. The Balaban J connectivity index is 2.32. The molecule has 0 bridgehead atoms. The van der Waals surface area contributed by atoms with Crippen LogP contribution in [-0.2, 0) is 6.18 Å². The lowest BCUT2D eigenvalue weighted by Crippen LogP contribution is -2.30. The van der Waals surface area contributed by atoms with Gasteiger partial charge in [0.1, 0.15) is 5.82 Å². The van der Waals surface area contributed by atoms with E-state index in [4.69, 9.17) is 0 Å². The molecule has 2 unspecified atom stereocenters. The summed E-state index contributed by atoms with van der Waals surface area (Å²) in [4.78, 5) is 13.6. The van der Waals surface area contributed by atoms with E-state index in [0.29, 0.717) is 19.2 Å². The summed E-state index contributed by atoms with van der Waals surface area (Å²) in [7, 11) is 0. The van der Waals surface area contributed by atoms with E-state index in [-0.39, 0.29) is 11.8 Å². The Morgan fingerprint density at radius 2 is 1.75 bits per heavy atom. The average molecular weight is 289 g/mol. The molecule has 0 saturated carbocycles. The van der Waals surface area contributed by atoms with E-state index < -0.39 is 29.0 Å². The van der Waals surface area contributed by atoms with Crippen LogP contribution >= 0.6 is 0 Å². The second-order valence-corrected chi connectivity index (χ2v) is 5.33. The van der Waals surface area contributed by atoms with Crippen LogP contribution in [0.1, 0.15) is 29.8 Å². The van der Waals surface area contributed by atoms with Crippen LogP contribution in [0.25, 0.3) is 0 Å².